The van der Waals surface area contributed by atoms with Crippen molar-refractivity contribution >= 4 is 34.3 Å². The molecule has 1 saturated heterocycles. The molecule has 1 amide bonds. The molecule has 138 valence electrons. The Bertz CT molecular complexity index is 1050. The fourth-order valence-corrected chi connectivity index (χ4v) is 3.88. The lowest BCUT2D eigenvalue weighted by Crippen LogP contribution is -2.73. The zero-order valence-electron chi connectivity index (χ0n) is 14.6. The van der Waals surface area contributed by atoms with Gasteiger partial charge in [-0.3, -0.25) is 19.2 Å². The Balaban J connectivity index is 1.56. The number of phenols is 1. The van der Waals surface area contributed by atoms with E-state index in [2.05, 4.69) is 5.43 Å². The maximum Gasteiger partial charge on any atom is 0.258 e. The Morgan fingerprint density at radius 2 is 1.89 bits per heavy atom. The maximum absolute atomic E-state index is 12.6. The van der Waals surface area contributed by atoms with E-state index in [0.717, 1.165) is 10.9 Å². The molecule has 1 aromatic heterocycles. The molecule has 0 saturated carbocycles. The molecule has 2 unspecified atom stereocenters. The molecule has 1 aliphatic heterocycles. The Morgan fingerprint density at radius 3 is 2.67 bits per heavy atom. The van der Waals surface area contributed by atoms with Crippen LogP contribution in [0.1, 0.15) is 17.3 Å². The van der Waals surface area contributed by atoms with E-state index in [1.54, 1.807) is 42.0 Å². The first-order valence-corrected chi connectivity index (χ1v) is 8.97. The summed E-state index contributed by atoms with van der Waals surface area (Å²) < 4.78 is 1.54. The molecule has 4 rings (SSSR count). The molecular formula is C20H18ClN3O3. The minimum atomic E-state index is -0.955. The van der Waals surface area contributed by atoms with Gasteiger partial charge in [0.2, 0.25) is 5.91 Å². The molecule has 0 radical (unpaired) electrons. The predicted octanol–water partition coefficient (Wildman–Crippen LogP) is 2.86. The number of halogens is 1. The molecule has 2 atom stereocenters. The van der Waals surface area contributed by atoms with Gasteiger partial charge in [-0.2, -0.15) is 0 Å². The number of carbonyl (C=O) groups excluding carboxylic acids is 2. The Hall–Kier alpha value is -2.83. The van der Waals surface area contributed by atoms with Crippen molar-refractivity contribution in [1.29, 1.82) is 0 Å². The summed E-state index contributed by atoms with van der Waals surface area (Å²) in [6, 6.07) is 16.2. The zero-order chi connectivity index (χ0) is 19.2. The molecule has 2 N–H and O–H groups in total. The summed E-state index contributed by atoms with van der Waals surface area (Å²) in [5.74, 6) is -0.498. The number of nitrogens with one attached hydrogen (secondary N) is 1. The summed E-state index contributed by atoms with van der Waals surface area (Å²) in [5, 5.41) is 11.6. The fourth-order valence-electron chi connectivity index (χ4n) is 3.56. The van der Waals surface area contributed by atoms with Crippen molar-refractivity contribution in [2.24, 2.45) is 0 Å². The van der Waals surface area contributed by atoms with E-state index in [9.17, 15) is 14.7 Å². The van der Waals surface area contributed by atoms with Gasteiger partial charge in [-0.25, -0.2) is 5.43 Å². The summed E-state index contributed by atoms with van der Waals surface area (Å²) in [7, 11) is 0. The van der Waals surface area contributed by atoms with Crippen LogP contribution in [0.4, 0.5) is 0 Å². The van der Waals surface area contributed by atoms with Crippen LogP contribution in [0.15, 0.2) is 60.8 Å². The summed E-state index contributed by atoms with van der Waals surface area (Å²) in [6.07, 6.45) is 1.71. The molecule has 3 aromatic rings. The van der Waals surface area contributed by atoms with Crippen molar-refractivity contribution in [2.45, 2.75) is 17.8 Å². The van der Waals surface area contributed by atoms with Crippen molar-refractivity contribution in [1.82, 2.24) is 15.0 Å². The molecule has 27 heavy (non-hydrogen) atoms. The van der Waals surface area contributed by atoms with Crippen LogP contribution in [0.5, 0.6) is 5.75 Å². The Kier molecular flexibility index (Phi) is 4.17. The molecule has 1 fully saturated rings. The van der Waals surface area contributed by atoms with Crippen LogP contribution in [0, 0.1) is 0 Å². The molecule has 0 aliphatic carbocycles. The highest BCUT2D eigenvalue weighted by atomic mass is 35.5. The number of benzene rings is 2. The fraction of sp³-hybridized carbons (Fsp3) is 0.200. The second-order valence-electron chi connectivity index (χ2n) is 6.67. The third kappa shape index (κ3) is 2.60. The first kappa shape index (κ1) is 17.6. The van der Waals surface area contributed by atoms with E-state index in [0.29, 0.717) is 5.56 Å². The van der Waals surface area contributed by atoms with Gasteiger partial charge in [0, 0.05) is 17.1 Å². The van der Waals surface area contributed by atoms with Crippen molar-refractivity contribution in [3.05, 3.63) is 66.4 Å². The molecule has 1 aliphatic rings. The van der Waals surface area contributed by atoms with Crippen molar-refractivity contribution in [3.63, 3.8) is 0 Å². The maximum atomic E-state index is 12.6. The average Bonchev–Trinajstić information content (AvgIpc) is 3.11. The third-order valence-corrected chi connectivity index (χ3v) is 5.71. The van der Waals surface area contributed by atoms with E-state index >= 15 is 0 Å². The highest BCUT2D eigenvalue weighted by Gasteiger charge is 2.58. The van der Waals surface area contributed by atoms with Crippen LogP contribution in [0.2, 0.25) is 0 Å². The summed E-state index contributed by atoms with van der Waals surface area (Å²) in [5.41, 5.74) is 3.26. The van der Waals surface area contributed by atoms with Crippen LogP contribution < -0.4 is 5.43 Å². The van der Waals surface area contributed by atoms with E-state index in [4.69, 9.17) is 11.6 Å². The number of hydrogen-bond donors (Lipinski definition) is 2. The molecule has 2 aromatic carbocycles. The van der Waals surface area contributed by atoms with E-state index < -0.39 is 10.9 Å². The number of alkyl halides is 1. The standard InChI is InChI=1S/C20H18ClN3O3/c1-20(14-7-3-5-9-16(14)25)18(21)19(27)24(20)22-12-17(26)23-11-10-13-6-2-4-8-15(13)23/h2-11,18,22,25H,12H2,1H3. The van der Waals surface area contributed by atoms with Crippen LogP contribution in [0.25, 0.3) is 10.9 Å². The van der Waals surface area contributed by atoms with Crippen molar-refractivity contribution < 1.29 is 14.7 Å². The first-order chi connectivity index (χ1) is 12.9. The number of aromatic hydroxyl groups is 1. The SMILES string of the molecule is CC1(c2ccccc2O)C(Cl)C(=O)N1NCC(=O)n1ccc2ccccc21. The van der Waals surface area contributed by atoms with Crippen LogP contribution >= 0.6 is 11.6 Å². The molecular weight excluding hydrogens is 366 g/mol. The van der Waals surface area contributed by atoms with Crippen molar-refractivity contribution in [2.75, 3.05) is 6.54 Å². The molecule has 7 heteroatoms. The summed E-state index contributed by atoms with van der Waals surface area (Å²) >= 11 is 6.27. The van der Waals surface area contributed by atoms with Crippen LogP contribution in [-0.4, -0.2) is 38.4 Å². The number of nitrogens with zero attached hydrogens (tertiary/aromatic N) is 2. The van der Waals surface area contributed by atoms with Gasteiger partial charge in [-0.1, -0.05) is 36.4 Å². The topological polar surface area (TPSA) is 74.6 Å². The first-order valence-electron chi connectivity index (χ1n) is 8.54. The summed E-state index contributed by atoms with van der Waals surface area (Å²) in [4.78, 5) is 25.0. The average molecular weight is 384 g/mol. The molecule has 6 nitrogen and oxygen atoms in total. The second-order valence-corrected chi connectivity index (χ2v) is 7.11. The number of rotatable bonds is 4. The highest BCUT2D eigenvalue weighted by molar-refractivity contribution is 6.34. The number of para-hydroxylation sites is 2. The predicted molar refractivity (Wildman–Crippen MR) is 103 cm³/mol. The van der Waals surface area contributed by atoms with Gasteiger partial charge in [0.25, 0.3) is 5.91 Å². The number of hydrogen-bond acceptors (Lipinski definition) is 4. The highest BCUT2D eigenvalue weighted by Crippen LogP contribution is 2.46. The molecule has 0 bridgehead atoms. The number of aromatic nitrogens is 1. The van der Waals surface area contributed by atoms with E-state index in [1.165, 1.54) is 5.01 Å². The minimum absolute atomic E-state index is 0.0488. The van der Waals surface area contributed by atoms with Gasteiger partial charge in [-0.05, 0) is 25.1 Å². The lowest BCUT2D eigenvalue weighted by atomic mass is 9.80. The normalized spacial score (nSPS) is 22.1. The number of carbonyl (C=O) groups is 2. The van der Waals surface area contributed by atoms with Crippen LogP contribution in [-0.2, 0) is 10.3 Å². The smallest absolute Gasteiger partial charge is 0.258 e. The van der Waals surface area contributed by atoms with Crippen molar-refractivity contribution in [3.8, 4) is 5.75 Å². The van der Waals surface area contributed by atoms with E-state index in [1.807, 2.05) is 30.3 Å². The number of phenolic OH excluding ortho intramolecular Hbond substituents is 1. The van der Waals surface area contributed by atoms with Gasteiger partial charge in [0.05, 0.1) is 12.1 Å². The minimum Gasteiger partial charge on any atom is -0.508 e. The summed E-state index contributed by atoms with van der Waals surface area (Å²) in [6.45, 7) is 1.67. The second kappa shape index (κ2) is 6.40. The monoisotopic (exact) mass is 383 g/mol. The largest absolute Gasteiger partial charge is 0.508 e. The van der Waals surface area contributed by atoms with E-state index in [-0.39, 0.29) is 24.1 Å². The quantitative estimate of drug-likeness (QED) is 0.536. The number of fused-ring (bicyclic) bond motifs is 1. The van der Waals surface area contributed by atoms with Gasteiger partial charge in [0.15, 0.2) is 0 Å². The lowest BCUT2D eigenvalue weighted by Gasteiger charge is -2.53. The number of β-lactam (4-membered cyclic amide) rings is 1. The lowest BCUT2D eigenvalue weighted by molar-refractivity contribution is -0.162. The van der Waals surface area contributed by atoms with Crippen LogP contribution in [0.3, 0.4) is 0 Å². The number of amides is 1. The zero-order valence-corrected chi connectivity index (χ0v) is 15.3. The Morgan fingerprint density at radius 1 is 1.19 bits per heavy atom. The van der Waals surface area contributed by atoms with Gasteiger partial charge >= 0.3 is 0 Å². The number of hydrazine groups is 1. The van der Waals surface area contributed by atoms with Gasteiger partial charge in [0.1, 0.15) is 16.7 Å². The third-order valence-electron chi connectivity index (χ3n) is 5.10. The molecule has 0 spiro atoms. The van der Waals surface area contributed by atoms with Gasteiger partial charge in [-0.15, -0.1) is 11.6 Å². The van der Waals surface area contributed by atoms with Gasteiger partial charge < -0.3 is 5.11 Å². The Labute approximate surface area is 160 Å². The molecule has 2 heterocycles.